The molecule has 0 heterocycles. The minimum absolute atomic E-state index is 0.00426. The van der Waals surface area contributed by atoms with E-state index in [9.17, 15) is 10.2 Å². The molecule has 5 heteroatoms. The standard InChI is InChI=1S/C15H19BrO4/c1-19-13-7-6-11(9-18)14(16)15(13)20-12-5-3-2-4-10(12)8-17/h4,6-7,12,17-18H,2-3,5,8-9H2,1H3/t12-/m0/s1. The highest BCUT2D eigenvalue weighted by atomic mass is 79.9. The third kappa shape index (κ3) is 3.16. The molecule has 0 aromatic heterocycles. The number of rotatable bonds is 5. The van der Waals surface area contributed by atoms with Crippen molar-refractivity contribution in [3.05, 3.63) is 33.8 Å². The SMILES string of the molecule is COc1ccc(CO)c(Br)c1O[C@H]1CCCC=C1CO. The number of hydrogen-bond acceptors (Lipinski definition) is 4. The Morgan fingerprint density at radius 3 is 2.75 bits per heavy atom. The number of aliphatic hydroxyl groups is 2. The van der Waals surface area contributed by atoms with Crippen LogP contribution in [0.3, 0.4) is 0 Å². The van der Waals surface area contributed by atoms with Gasteiger partial charge >= 0.3 is 0 Å². The first-order valence-corrected chi connectivity index (χ1v) is 7.43. The van der Waals surface area contributed by atoms with Crippen LogP contribution in [0.4, 0.5) is 0 Å². The lowest BCUT2D eigenvalue weighted by Crippen LogP contribution is -2.24. The topological polar surface area (TPSA) is 58.9 Å². The third-order valence-corrected chi connectivity index (χ3v) is 4.33. The molecule has 4 nitrogen and oxygen atoms in total. The molecule has 0 saturated carbocycles. The van der Waals surface area contributed by atoms with Gasteiger partial charge < -0.3 is 19.7 Å². The van der Waals surface area contributed by atoms with Gasteiger partial charge in [0.25, 0.3) is 0 Å². The molecular formula is C15H19BrO4. The minimum Gasteiger partial charge on any atom is -0.493 e. The largest absolute Gasteiger partial charge is 0.493 e. The van der Waals surface area contributed by atoms with Gasteiger partial charge in [0.05, 0.1) is 24.8 Å². The van der Waals surface area contributed by atoms with Crippen molar-refractivity contribution in [3.8, 4) is 11.5 Å². The second-order valence-corrected chi connectivity index (χ2v) is 5.50. The van der Waals surface area contributed by atoms with Gasteiger partial charge in [-0.05, 0) is 52.4 Å². The normalized spacial score (nSPS) is 18.6. The Morgan fingerprint density at radius 2 is 2.10 bits per heavy atom. The van der Waals surface area contributed by atoms with Gasteiger partial charge in [-0.15, -0.1) is 0 Å². The van der Waals surface area contributed by atoms with E-state index in [2.05, 4.69) is 15.9 Å². The molecule has 0 saturated heterocycles. The van der Waals surface area contributed by atoms with Crippen LogP contribution >= 0.6 is 15.9 Å². The van der Waals surface area contributed by atoms with Crippen LogP contribution in [-0.4, -0.2) is 30.0 Å². The highest BCUT2D eigenvalue weighted by Crippen LogP contribution is 2.40. The van der Waals surface area contributed by atoms with Crippen LogP contribution in [0.1, 0.15) is 24.8 Å². The fourth-order valence-corrected chi connectivity index (χ4v) is 2.87. The zero-order valence-corrected chi connectivity index (χ0v) is 13.0. The average molecular weight is 343 g/mol. The van der Waals surface area contributed by atoms with E-state index in [4.69, 9.17) is 9.47 Å². The van der Waals surface area contributed by atoms with E-state index in [0.29, 0.717) is 16.0 Å². The number of methoxy groups -OCH3 is 1. The lowest BCUT2D eigenvalue weighted by atomic mass is 9.97. The fourth-order valence-electron chi connectivity index (χ4n) is 2.32. The van der Waals surface area contributed by atoms with Crippen molar-refractivity contribution in [1.82, 2.24) is 0 Å². The molecule has 2 rings (SSSR count). The molecule has 2 N–H and O–H groups in total. The van der Waals surface area contributed by atoms with E-state index in [0.717, 1.165) is 30.4 Å². The van der Waals surface area contributed by atoms with Crippen LogP contribution < -0.4 is 9.47 Å². The number of halogens is 1. The highest BCUT2D eigenvalue weighted by molar-refractivity contribution is 9.10. The Kier molecular flexibility index (Phi) is 5.46. The molecule has 110 valence electrons. The molecule has 20 heavy (non-hydrogen) atoms. The maximum atomic E-state index is 9.40. The van der Waals surface area contributed by atoms with Crippen LogP contribution in [0, 0.1) is 0 Å². The summed E-state index contributed by atoms with van der Waals surface area (Å²) in [7, 11) is 1.58. The fraction of sp³-hybridized carbons (Fsp3) is 0.467. The summed E-state index contributed by atoms with van der Waals surface area (Å²) < 4.78 is 12.1. The van der Waals surface area contributed by atoms with E-state index in [1.54, 1.807) is 19.2 Å². The minimum atomic E-state index is -0.145. The Hall–Kier alpha value is -1.04. The number of allylic oxidation sites excluding steroid dienone is 1. The molecule has 0 unspecified atom stereocenters. The van der Waals surface area contributed by atoms with Gasteiger partial charge in [-0.25, -0.2) is 0 Å². The third-order valence-electron chi connectivity index (χ3n) is 3.46. The summed E-state index contributed by atoms with van der Waals surface area (Å²) in [5.74, 6) is 1.18. The molecule has 1 aromatic rings. The van der Waals surface area contributed by atoms with Gasteiger partial charge in [0.2, 0.25) is 0 Å². The van der Waals surface area contributed by atoms with Gasteiger partial charge in [-0.2, -0.15) is 0 Å². The van der Waals surface area contributed by atoms with Gasteiger partial charge in [-0.3, -0.25) is 0 Å². The summed E-state index contributed by atoms with van der Waals surface area (Å²) in [6.45, 7) is -0.0708. The number of ether oxygens (including phenoxy) is 2. The van der Waals surface area contributed by atoms with Gasteiger partial charge in [0.1, 0.15) is 6.10 Å². The molecule has 0 fully saturated rings. The number of aliphatic hydroxyl groups excluding tert-OH is 2. The van der Waals surface area contributed by atoms with Crippen molar-refractivity contribution >= 4 is 15.9 Å². The maximum Gasteiger partial charge on any atom is 0.176 e. The zero-order chi connectivity index (χ0) is 14.5. The van der Waals surface area contributed by atoms with Gasteiger partial charge in [0.15, 0.2) is 11.5 Å². The summed E-state index contributed by atoms with van der Waals surface area (Å²) in [5.41, 5.74) is 1.64. The van der Waals surface area contributed by atoms with Gasteiger partial charge in [-0.1, -0.05) is 12.1 Å². The van der Waals surface area contributed by atoms with E-state index < -0.39 is 0 Å². The summed E-state index contributed by atoms with van der Waals surface area (Å²) in [5, 5.41) is 18.7. The first kappa shape index (κ1) is 15.4. The van der Waals surface area contributed by atoms with Crippen molar-refractivity contribution in [2.24, 2.45) is 0 Å². The molecule has 0 aliphatic heterocycles. The highest BCUT2D eigenvalue weighted by Gasteiger charge is 2.22. The van der Waals surface area contributed by atoms with E-state index in [1.165, 1.54) is 0 Å². The summed E-state index contributed by atoms with van der Waals surface area (Å²) in [6, 6.07) is 3.57. The predicted molar refractivity (Wildman–Crippen MR) is 80.1 cm³/mol. The lowest BCUT2D eigenvalue weighted by Gasteiger charge is -2.26. The smallest absolute Gasteiger partial charge is 0.176 e. The molecular weight excluding hydrogens is 324 g/mol. The molecule has 0 amide bonds. The monoisotopic (exact) mass is 342 g/mol. The van der Waals surface area contributed by atoms with E-state index in [-0.39, 0.29) is 19.3 Å². The zero-order valence-electron chi connectivity index (χ0n) is 11.4. The van der Waals surface area contributed by atoms with Crippen molar-refractivity contribution in [2.75, 3.05) is 13.7 Å². The molecule has 0 spiro atoms. The van der Waals surface area contributed by atoms with Crippen LogP contribution in [0.25, 0.3) is 0 Å². The van der Waals surface area contributed by atoms with Crippen LogP contribution in [0.5, 0.6) is 11.5 Å². The predicted octanol–water partition coefficient (Wildman–Crippen LogP) is 2.80. The van der Waals surface area contributed by atoms with Crippen LogP contribution in [-0.2, 0) is 6.61 Å². The average Bonchev–Trinajstić information content (AvgIpc) is 2.49. The number of hydrogen-bond donors (Lipinski definition) is 2. The van der Waals surface area contributed by atoms with Gasteiger partial charge in [0, 0.05) is 0 Å². The Labute approximate surface area is 127 Å². The Bertz CT molecular complexity index is 499. The summed E-state index contributed by atoms with van der Waals surface area (Å²) in [4.78, 5) is 0. The summed E-state index contributed by atoms with van der Waals surface area (Å²) in [6.07, 6.45) is 4.77. The Balaban J connectivity index is 2.32. The van der Waals surface area contributed by atoms with Crippen molar-refractivity contribution in [3.63, 3.8) is 0 Å². The second-order valence-electron chi connectivity index (χ2n) is 4.70. The maximum absolute atomic E-state index is 9.40. The lowest BCUT2D eigenvalue weighted by molar-refractivity contribution is 0.183. The van der Waals surface area contributed by atoms with Crippen molar-refractivity contribution in [1.29, 1.82) is 0 Å². The molecule has 1 aromatic carbocycles. The Morgan fingerprint density at radius 1 is 1.30 bits per heavy atom. The van der Waals surface area contributed by atoms with Crippen LogP contribution in [0.15, 0.2) is 28.3 Å². The second kappa shape index (κ2) is 7.11. The molecule has 0 radical (unpaired) electrons. The molecule has 0 bridgehead atoms. The van der Waals surface area contributed by atoms with Crippen molar-refractivity contribution in [2.45, 2.75) is 32.0 Å². The van der Waals surface area contributed by atoms with Crippen LogP contribution in [0.2, 0.25) is 0 Å². The van der Waals surface area contributed by atoms with E-state index in [1.807, 2.05) is 6.08 Å². The molecule has 1 atom stereocenters. The first-order chi connectivity index (χ1) is 9.71. The molecule has 1 aliphatic rings. The molecule has 1 aliphatic carbocycles. The quantitative estimate of drug-likeness (QED) is 0.808. The first-order valence-electron chi connectivity index (χ1n) is 6.64. The number of benzene rings is 1. The van der Waals surface area contributed by atoms with E-state index >= 15 is 0 Å². The summed E-state index contributed by atoms with van der Waals surface area (Å²) >= 11 is 3.45. The van der Waals surface area contributed by atoms with Crippen molar-refractivity contribution < 1.29 is 19.7 Å².